The minimum atomic E-state index is -0.0289. The molecule has 0 aliphatic rings. The lowest BCUT2D eigenvalue weighted by Crippen LogP contribution is -2.21. The maximum absolute atomic E-state index is 8.02. The Hall–Kier alpha value is -2.29. The summed E-state index contributed by atoms with van der Waals surface area (Å²) in [5, 5.41) is 8.02. The monoisotopic (exact) mass is 338 g/mol. The van der Waals surface area contributed by atoms with Crippen LogP contribution in [0, 0.1) is 5.41 Å². The standard InChI is InChI=1S/C22H30N2O/c1-3-4-8-18(17-9-6-5-7-10-17)13-16-21(22(23)24)19-11-14-20(25-2)15-12-19/h5-7,9-12,14-15,18,21H,3-4,8,13,16H2,1-2H3,(H3,23,24). The first-order valence-electron chi connectivity index (χ1n) is 9.18. The topological polar surface area (TPSA) is 59.1 Å². The molecule has 25 heavy (non-hydrogen) atoms. The van der Waals surface area contributed by atoms with Gasteiger partial charge in [-0.1, -0.05) is 62.2 Å². The van der Waals surface area contributed by atoms with E-state index in [4.69, 9.17) is 15.9 Å². The predicted molar refractivity (Wildman–Crippen MR) is 106 cm³/mol. The Balaban J connectivity index is 2.09. The Kier molecular flexibility index (Phi) is 7.52. The van der Waals surface area contributed by atoms with Gasteiger partial charge in [-0.05, 0) is 48.4 Å². The number of rotatable bonds is 10. The van der Waals surface area contributed by atoms with E-state index in [0.29, 0.717) is 5.92 Å². The number of nitrogens with one attached hydrogen (secondary N) is 1. The molecule has 3 N–H and O–H groups in total. The third kappa shape index (κ3) is 5.63. The maximum atomic E-state index is 8.02. The Morgan fingerprint density at radius 1 is 0.960 bits per heavy atom. The largest absolute Gasteiger partial charge is 0.497 e. The van der Waals surface area contributed by atoms with Crippen LogP contribution in [-0.2, 0) is 0 Å². The zero-order valence-corrected chi connectivity index (χ0v) is 15.4. The van der Waals surface area contributed by atoms with E-state index in [1.165, 1.54) is 24.8 Å². The van der Waals surface area contributed by atoms with Crippen molar-refractivity contribution in [1.29, 1.82) is 5.41 Å². The molecule has 2 atom stereocenters. The Morgan fingerprint density at radius 2 is 1.64 bits per heavy atom. The van der Waals surface area contributed by atoms with Crippen molar-refractivity contribution in [3.05, 3.63) is 65.7 Å². The van der Waals surface area contributed by atoms with E-state index in [-0.39, 0.29) is 11.8 Å². The van der Waals surface area contributed by atoms with Crippen LogP contribution in [0.25, 0.3) is 0 Å². The zero-order valence-electron chi connectivity index (χ0n) is 15.4. The normalized spacial score (nSPS) is 13.2. The molecule has 3 heteroatoms. The molecule has 134 valence electrons. The van der Waals surface area contributed by atoms with Gasteiger partial charge in [-0.3, -0.25) is 5.41 Å². The van der Waals surface area contributed by atoms with E-state index in [1.807, 2.05) is 24.3 Å². The minimum absolute atomic E-state index is 0.0289. The molecule has 0 aliphatic carbocycles. The molecule has 2 aromatic rings. The van der Waals surface area contributed by atoms with Gasteiger partial charge in [-0.25, -0.2) is 0 Å². The van der Waals surface area contributed by atoms with Crippen LogP contribution in [0.2, 0.25) is 0 Å². The predicted octanol–water partition coefficient (Wildman–Crippen LogP) is 5.47. The number of hydrogen-bond acceptors (Lipinski definition) is 2. The highest BCUT2D eigenvalue weighted by molar-refractivity contribution is 5.84. The van der Waals surface area contributed by atoms with Crippen molar-refractivity contribution in [2.75, 3.05) is 7.11 Å². The van der Waals surface area contributed by atoms with Crippen molar-refractivity contribution in [3.63, 3.8) is 0 Å². The zero-order chi connectivity index (χ0) is 18.1. The van der Waals surface area contributed by atoms with Gasteiger partial charge in [0, 0.05) is 5.92 Å². The van der Waals surface area contributed by atoms with Gasteiger partial charge in [0.1, 0.15) is 5.75 Å². The van der Waals surface area contributed by atoms with E-state index in [1.54, 1.807) is 7.11 Å². The highest BCUT2D eigenvalue weighted by Gasteiger charge is 2.19. The van der Waals surface area contributed by atoms with Gasteiger partial charge in [0.05, 0.1) is 12.9 Å². The third-order valence-corrected chi connectivity index (χ3v) is 4.87. The molecular weight excluding hydrogens is 308 g/mol. The van der Waals surface area contributed by atoms with E-state index >= 15 is 0 Å². The van der Waals surface area contributed by atoms with Crippen LogP contribution in [0.1, 0.15) is 62.0 Å². The molecule has 2 unspecified atom stereocenters. The van der Waals surface area contributed by atoms with Crippen molar-refractivity contribution in [2.24, 2.45) is 5.73 Å². The summed E-state index contributed by atoms with van der Waals surface area (Å²) in [6.45, 7) is 2.23. The molecule has 3 nitrogen and oxygen atoms in total. The molecule has 2 aromatic carbocycles. The molecule has 0 saturated carbocycles. The quantitative estimate of drug-likeness (QED) is 0.446. The average molecular weight is 338 g/mol. The smallest absolute Gasteiger partial charge is 0.118 e. The number of unbranched alkanes of at least 4 members (excludes halogenated alkanes) is 1. The van der Waals surface area contributed by atoms with Crippen LogP contribution >= 0.6 is 0 Å². The van der Waals surface area contributed by atoms with Crippen molar-refractivity contribution in [2.45, 2.75) is 50.9 Å². The molecular formula is C22H30N2O. The lowest BCUT2D eigenvalue weighted by atomic mass is 9.84. The first kappa shape index (κ1) is 19.0. The summed E-state index contributed by atoms with van der Waals surface area (Å²) in [5.74, 6) is 1.57. The van der Waals surface area contributed by atoms with E-state index < -0.39 is 0 Å². The highest BCUT2D eigenvalue weighted by Crippen LogP contribution is 2.32. The summed E-state index contributed by atoms with van der Waals surface area (Å²) < 4.78 is 5.22. The first-order chi connectivity index (χ1) is 12.2. The lowest BCUT2D eigenvalue weighted by molar-refractivity contribution is 0.414. The molecule has 0 heterocycles. The second-order valence-corrected chi connectivity index (χ2v) is 6.61. The fourth-order valence-corrected chi connectivity index (χ4v) is 3.36. The second-order valence-electron chi connectivity index (χ2n) is 6.61. The molecule has 0 fully saturated rings. The average Bonchev–Trinajstić information content (AvgIpc) is 2.65. The molecule has 2 rings (SSSR count). The first-order valence-corrected chi connectivity index (χ1v) is 9.18. The van der Waals surface area contributed by atoms with Gasteiger partial charge >= 0.3 is 0 Å². The van der Waals surface area contributed by atoms with Gasteiger partial charge in [0.25, 0.3) is 0 Å². The number of amidine groups is 1. The molecule has 0 amide bonds. The van der Waals surface area contributed by atoms with Crippen LogP contribution in [0.3, 0.4) is 0 Å². The van der Waals surface area contributed by atoms with Gasteiger partial charge in [0.15, 0.2) is 0 Å². The number of hydrogen-bond donors (Lipinski definition) is 2. The van der Waals surface area contributed by atoms with Gasteiger partial charge < -0.3 is 10.5 Å². The Labute approximate surface area is 151 Å². The number of methoxy groups -OCH3 is 1. The molecule has 0 aromatic heterocycles. The molecule has 0 radical (unpaired) electrons. The van der Waals surface area contributed by atoms with Crippen molar-refractivity contribution < 1.29 is 4.74 Å². The molecule has 0 saturated heterocycles. The molecule has 0 bridgehead atoms. The lowest BCUT2D eigenvalue weighted by Gasteiger charge is -2.22. The van der Waals surface area contributed by atoms with Crippen LogP contribution < -0.4 is 10.5 Å². The summed E-state index contributed by atoms with van der Waals surface area (Å²) >= 11 is 0. The second kappa shape index (κ2) is 9.87. The van der Waals surface area contributed by atoms with Gasteiger partial charge in [-0.15, -0.1) is 0 Å². The van der Waals surface area contributed by atoms with Crippen molar-refractivity contribution >= 4 is 5.84 Å². The van der Waals surface area contributed by atoms with E-state index in [2.05, 4.69) is 37.3 Å². The van der Waals surface area contributed by atoms with Crippen LogP contribution in [-0.4, -0.2) is 12.9 Å². The summed E-state index contributed by atoms with van der Waals surface area (Å²) in [4.78, 5) is 0. The minimum Gasteiger partial charge on any atom is -0.497 e. The number of ether oxygens (including phenoxy) is 1. The molecule has 0 aliphatic heterocycles. The fourth-order valence-electron chi connectivity index (χ4n) is 3.36. The van der Waals surface area contributed by atoms with Gasteiger partial charge in [-0.2, -0.15) is 0 Å². The maximum Gasteiger partial charge on any atom is 0.118 e. The fraction of sp³-hybridized carbons (Fsp3) is 0.409. The highest BCUT2D eigenvalue weighted by atomic mass is 16.5. The molecule has 0 spiro atoms. The SMILES string of the molecule is CCCCC(CCC(C(=N)N)c1ccc(OC)cc1)c1ccccc1. The Morgan fingerprint density at radius 3 is 2.20 bits per heavy atom. The number of nitrogens with two attached hydrogens (primary N) is 1. The van der Waals surface area contributed by atoms with E-state index in [0.717, 1.165) is 24.2 Å². The van der Waals surface area contributed by atoms with E-state index in [9.17, 15) is 0 Å². The van der Waals surface area contributed by atoms with Gasteiger partial charge in [0.2, 0.25) is 0 Å². The van der Waals surface area contributed by atoms with Crippen LogP contribution in [0.5, 0.6) is 5.75 Å². The third-order valence-electron chi connectivity index (χ3n) is 4.87. The Bertz CT molecular complexity index is 637. The summed E-state index contributed by atoms with van der Waals surface area (Å²) in [5.41, 5.74) is 8.41. The summed E-state index contributed by atoms with van der Waals surface area (Å²) in [7, 11) is 1.66. The number of benzene rings is 2. The van der Waals surface area contributed by atoms with Crippen LogP contribution in [0.4, 0.5) is 0 Å². The van der Waals surface area contributed by atoms with Crippen LogP contribution in [0.15, 0.2) is 54.6 Å². The van der Waals surface area contributed by atoms with Crippen molar-refractivity contribution in [1.82, 2.24) is 0 Å². The van der Waals surface area contributed by atoms with Crippen molar-refractivity contribution in [3.8, 4) is 5.75 Å². The summed E-state index contributed by atoms with van der Waals surface area (Å²) in [6.07, 6.45) is 5.56. The summed E-state index contributed by atoms with van der Waals surface area (Å²) in [6, 6.07) is 18.7.